The molecule has 1 amide bonds. The molecule has 0 saturated carbocycles. The molecule has 0 bridgehead atoms. The summed E-state index contributed by atoms with van der Waals surface area (Å²) in [6, 6.07) is 10.2. The van der Waals surface area contributed by atoms with Gasteiger partial charge in [-0.3, -0.25) is 4.79 Å². The van der Waals surface area contributed by atoms with E-state index in [9.17, 15) is 4.79 Å². The van der Waals surface area contributed by atoms with Gasteiger partial charge in [-0.15, -0.1) is 10.2 Å². The Morgan fingerprint density at radius 1 is 1.21 bits per heavy atom. The zero-order valence-corrected chi connectivity index (χ0v) is 15.1. The predicted octanol–water partition coefficient (Wildman–Crippen LogP) is 2.76. The number of carbonyl (C=O) groups is 1. The molecule has 1 fully saturated rings. The average molecular weight is 344 g/mol. The molecule has 0 radical (unpaired) electrons. The minimum atomic E-state index is 0.208. The van der Waals surface area contributed by atoms with Crippen LogP contribution in [0, 0.1) is 5.92 Å². The van der Waals surface area contributed by atoms with Crippen LogP contribution in [0.4, 0.5) is 0 Å². The van der Waals surface area contributed by atoms with E-state index in [-0.39, 0.29) is 5.91 Å². The molecule has 24 heavy (non-hydrogen) atoms. The topological polar surface area (TPSA) is 51.0 Å². The second-order valence-corrected chi connectivity index (χ2v) is 7.41. The van der Waals surface area contributed by atoms with Crippen molar-refractivity contribution in [2.24, 2.45) is 13.0 Å². The first-order valence-electron chi connectivity index (χ1n) is 8.46. The highest BCUT2D eigenvalue weighted by atomic mass is 32.2. The molecule has 0 unspecified atom stereocenters. The molecule has 1 aliphatic rings. The van der Waals surface area contributed by atoms with Gasteiger partial charge in [0.15, 0.2) is 5.16 Å². The Bertz CT molecular complexity index is 678. The van der Waals surface area contributed by atoms with E-state index in [1.54, 1.807) is 0 Å². The quantitative estimate of drug-likeness (QED) is 0.783. The number of hydrogen-bond acceptors (Lipinski definition) is 4. The van der Waals surface area contributed by atoms with Gasteiger partial charge < -0.3 is 9.47 Å². The Hall–Kier alpha value is -1.82. The Balaban J connectivity index is 1.55. The van der Waals surface area contributed by atoms with E-state index in [0.717, 1.165) is 49.3 Å². The first kappa shape index (κ1) is 17.0. The lowest BCUT2D eigenvalue weighted by Crippen LogP contribution is -2.38. The molecule has 0 spiro atoms. The maximum absolute atomic E-state index is 12.3. The van der Waals surface area contributed by atoms with Crippen molar-refractivity contribution in [1.29, 1.82) is 0 Å². The summed E-state index contributed by atoms with van der Waals surface area (Å²) in [4.78, 5) is 14.3. The van der Waals surface area contributed by atoms with Crippen LogP contribution in [0.15, 0.2) is 35.5 Å². The van der Waals surface area contributed by atoms with E-state index in [0.29, 0.717) is 5.75 Å². The second kappa shape index (κ2) is 7.83. The van der Waals surface area contributed by atoms with Crippen molar-refractivity contribution in [3.8, 4) is 0 Å². The maximum atomic E-state index is 12.3. The molecule has 2 heterocycles. The number of rotatable bonds is 5. The third-order valence-corrected chi connectivity index (χ3v) is 5.60. The Kier molecular flexibility index (Phi) is 5.56. The number of carbonyl (C=O) groups excluding carboxylic acids is 1. The Morgan fingerprint density at radius 3 is 2.62 bits per heavy atom. The van der Waals surface area contributed by atoms with Gasteiger partial charge in [0.2, 0.25) is 5.91 Å². The van der Waals surface area contributed by atoms with Gasteiger partial charge in [-0.2, -0.15) is 0 Å². The minimum absolute atomic E-state index is 0.208. The van der Waals surface area contributed by atoms with E-state index >= 15 is 0 Å². The number of piperidine rings is 1. The van der Waals surface area contributed by atoms with Gasteiger partial charge >= 0.3 is 0 Å². The largest absolute Gasteiger partial charge is 0.342 e. The van der Waals surface area contributed by atoms with Crippen LogP contribution in [0.1, 0.15) is 31.2 Å². The first-order chi connectivity index (χ1) is 11.6. The maximum Gasteiger partial charge on any atom is 0.233 e. The fraction of sp³-hybridized carbons (Fsp3) is 0.500. The smallest absolute Gasteiger partial charge is 0.233 e. The molecule has 2 aromatic rings. The van der Waals surface area contributed by atoms with Crippen LogP contribution in [0.5, 0.6) is 0 Å². The van der Waals surface area contributed by atoms with E-state index in [1.807, 2.05) is 34.7 Å². The lowest BCUT2D eigenvalue weighted by atomic mass is 9.99. The van der Waals surface area contributed by atoms with E-state index < -0.39 is 0 Å². The third kappa shape index (κ3) is 4.17. The highest BCUT2D eigenvalue weighted by molar-refractivity contribution is 7.99. The number of likely N-dealkylation sites (tertiary alicyclic amines) is 1. The second-order valence-electron chi connectivity index (χ2n) is 6.47. The van der Waals surface area contributed by atoms with Crippen molar-refractivity contribution in [3.63, 3.8) is 0 Å². The molecule has 128 valence electrons. The van der Waals surface area contributed by atoms with Crippen molar-refractivity contribution < 1.29 is 4.79 Å². The number of nitrogens with zero attached hydrogens (tertiary/aromatic N) is 4. The molecular weight excluding hydrogens is 320 g/mol. The summed E-state index contributed by atoms with van der Waals surface area (Å²) in [5, 5.41) is 9.33. The molecule has 3 rings (SSSR count). The molecule has 5 nitrogen and oxygen atoms in total. The van der Waals surface area contributed by atoms with Gasteiger partial charge in [0.05, 0.1) is 5.75 Å². The highest BCUT2D eigenvalue weighted by Crippen LogP contribution is 2.20. The molecule has 0 aliphatic carbocycles. The monoisotopic (exact) mass is 344 g/mol. The van der Waals surface area contributed by atoms with Crippen molar-refractivity contribution in [2.45, 2.75) is 31.3 Å². The van der Waals surface area contributed by atoms with Gasteiger partial charge in [-0.25, -0.2) is 0 Å². The molecule has 6 heteroatoms. The standard InChI is InChI=1S/C18H24N4OS/c1-14-8-10-22(11-9-14)17(23)13-24-18-20-19-16(21(18)2)12-15-6-4-3-5-7-15/h3-7,14H,8-13H2,1-2H3. The average Bonchev–Trinajstić information content (AvgIpc) is 2.94. The van der Waals surface area contributed by atoms with Gasteiger partial charge in [0.1, 0.15) is 5.82 Å². The molecule has 0 N–H and O–H groups in total. The van der Waals surface area contributed by atoms with Gasteiger partial charge in [-0.1, -0.05) is 49.0 Å². The summed E-state index contributed by atoms with van der Waals surface area (Å²) in [5.74, 6) is 2.30. The van der Waals surface area contributed by atoms with Crippen LogP contribution in [-0.4, -0.2) is 44.4 Å². The number of aromatic nitrogens is 3. The van der Waals surface area contributed by atoms with Crippen molar-refractivity contribution in [2.75, 3.05) is 18.8 Å². The van der Waals surface area contributed by atoms with Crippen LogP contribution in [0.25, 0.3) is 0 Å². The van der Waals surface area contributed by atoms with Gasteiger partial charge in [-0.05, 0) is 24.3 Å². The summed E-state index contributed by atoms with van der Waals surface area (Å²) < 4.78 is 1.99. The van der Waals surface area contributed by atoms with Crippen LogP contribution in [0.2, 0.25) is 0 Å². The predicted molar refractivity (Wildman–Crippen MR) is 96.0 cm³/mol. The zero-order valence-electron chi connectivity index (χ0n) is 14.3. The number of amides is 1. The molecule has 1 aliphatic heterocycles. The number of hydrogen-bond donors (Lipinski definition) is 0. The van der Waals surface area contributed by atoms with Gasteiger partial charge in [0, 0.05) is 26.6 Å². The van der Waals surface area contributed by atoms with Crippen molar-refractivity contribution >= 4 is 17.7 Å². The number of thioether (sulfide) groups is 1. The Morgan fingerprint density at radius 2 is 1.92 bits per heavy atom. The molecular formula is C18H24N4OS. The molecule has 1 saturated heterocycles. The lowest BCUT2D eigenvalue weighted by molar-refractivity contribution is -0.129. The van der Waals surface area contributed by atoms with Crippen LogP contribution in [-0.2, 0) is 18.3 Å². The molecule has 1 aromatic heterocycles. The third-order valence-electron chi connectivity index (χ3n) is 4.59. The molecule has 1 aromatic carbocycles. The SMILES string of the molecule is CC1CCN(C(=O)CSc2nnc(Cc3ccccc3)n2C)CC1. The normalized spacial score (nSPS) is 15.7. The first-order valence-corrected chi connectivity index (χ1v) is 9.45. The number of benzene rings is 1. The van der Waals surface area contributed by atoms with Crippen LogP contribution >= 0.6 is 11.8 Å². The van der Waals surface area contributed by atoms with E-state index in [2.05, 4.69) is 29.3 Å². The highest BCUT2D eigenvalue weighted by Gasteiger charge is 2.21. The Labute approximate surface area is 147 Å². The van der Waals surface area contributed by atoms with E-state index in [4.69, 9.17) is 0 Å². The fourth-order valence-corrected chi connectivity index (χ4v) is 3.71. The van der Waals surface area contributed by atoms with Gasteiger partial charge in [0.25, 0.3) is 0 Å². The van der Waals surface area contributed by atoms with E-state index in [1.165, 1.54) is 17.3 Å². The fourth-order valence-electron chi connectivity index (χ4n) is 2.88. The van der Waals surface area contributed by atoms with Crippen LogP contribution < -0.4 is 0 Å². The zero-order chi connectivity index (χ0) is 16.9. The summed E-state index contributed by atoms with van der Waals surface area (Å²) in [6.45, 7) is 4.03. The minimum Gasteiger partial charge on any atom is -0.342 e. The summed E-state index contributed by atoms with van der Waals surface area (Å²) in [7, 11) is 1.97. The summed E-state index contributed by atoms with van der Waals surface area (Å²) >= 11 is 1.48. The summed E-state index contributed by atoms with van der Waals surface area (Å²) in [5.41, 5.74) is 1.21. The summed E-state index contributed by atoms with van der Waals surface area (Å²) in [6.07, 6.45) is 2.98. The molecule has 0 atom stereocenters. The van der Waals surface area contributed by atoms with Crippen LogP contribution in [0.3, 0.4) is 0 Å². The van der Waals surface area contributed by atoms with Crippen molar-refractivity contribution in [1.82, 2.24) is 19.7 Å². The van der Waals surface area contributed by atoms with Crippen molar-refractivity contribution in [3.05, 3.63) is 41.7 Å². The lowest BCUT2D eigenvalue weighted by Gasteiger charge is -2.30.